The average molecular weight is 471 g/mol. The first-order valence-corrected chi connectivity index (χ1v) is 11.1. The van der Waals surface area contributed by atoms with Gasteiger partial charge in [0.2, 0.25) is 11.8 Å². The van der Waals surface area contributed by atoms with E-state index < -0.39 is 12.1 Å². The van der Waals surface area contributed by atoms with Gasteiger partial charge in [0.25, 0.3) is 0 Å². The lowest BCUT2D eigenvalue weighted by Gasteiger charge is -2.23. The summed E-state index contributed by atoms with van der Waals surface area (Å²) in [5.74, 6) is 0.162. The molecule has 32 heavy (non-hydrogen) atoms. The van der Waals surface area contributed by atoms with Crippen LogP contribution in [0.2, 0.25) is 5.02 Å². The number of carbonyl (C=O) groups excluding carboxylic acids is 3. The van der Waals surface area contributed by atoms with Crippen LogP contribution < -0.4 is 16.0 Å². The van der Waals surface area contributed by atoms with Gasteiger partial charge in [0.1, 0.15) is 5.82 Å². The highest BCUT2D eigenvalue weighted by atomic mass is 35.5. The predicted octanol–water partition coefficient (Wildman–Crippen LogP) is 2.79. The number of nitrogens with zero attached hydrogens (tertiary/aromatic N) is 3. The number of urea groups is 1. The molecule has 0 radical (unpaired) electrons. The van der Waals surface area contributed by atoms with Crippen LogP contribution in [0.5, 0.6) is 0 Å². The van der Waals surface area contributed by atoms with Crippen LogP contribution in [0.3, 0.4) is 0 Å². The smallest absolute Gasteiger partial charge is 0.321 e. The monoisotopic (exact) mass is 470 g/mol. The van der Waals surface area contributed by atoms with Crippen molar-refractivity contribution in [2.75, 3.05) is 11.1 Å². The highest BCUT2D eigenvalue weighted by Gasteiger charge is 2.27. The second-order valence-corrected chi connectivity index (χ2v) is 8.42. The van der Waals surface area contributed by atoms with Crippen LogP contribution in [0.15, 0.2) is 59.8 Å². The number of thioether (sulfide) groups is 1. The number of carbonyl (C=O) groups is 3. The van der Waals surface area contributed by atoms with Gasteiger partial charge in [-0.3, -0.25) is 19.5 Å². The number of rotatable bonds is 7. The van der Waals surface area contributed by atoms with Crippen molar-refractivity contribution in [2.24, 2.45) is 0 Å². The van der Waals surface area contributed by atoms with Crippen molar-refractivity contribution < 1.29 is 14.4 Å². The number of anilines is 1. The van der Waals surface area contributed by atoms with E-state index in [0.717, 1.165) is 5.69 Å². The van der Waals surface area contributed by atoms with Crippen molar-refractivity contribution in [3.8, 4) is 5.69 Å². The van der Waals surface area contributed by atoms with Crippen LogP contribution in [0.25, 0.3) is 5.69 Å². The molecule has 11 heteroatoms. The summed E-state index contributed by atoms with van der Waals surface area (Å²) in [7, 11) is 0. The maximum absolute atomic E-state index is 12.4. The maximum atomic E-state index is 12.4. The van der Waals surface area contributed by atoms with Crippen LogP contribution in [-0.2, 0) is 16.0 Å². The molecule has 0 saturated carbocycles. The fourth-order valence-electron chi connectivity index (χ4n) is 3.24. The molecular formula is C21H19ClN6O3S. The Morgan fingerprint density at radius 1 is 1.12 bits per heavy atom. The minimum atomic E-state index is -0.531. The first-order valence-electron chi connectivity index (χ1n) is 9.76. The lowest BCUT2D eigenvalue weighted by atomic mass is 10.1. The first kappa shape index (κ1) is 21.8. The molecule has 1 aliphatic heterocycles. The van der Waals surface area contributed by atoms with Gasteiger partial charge in [0, 0.05) is 35.3 Å². The van der Waals surface area contributed by atoms with Crippen molar-refractivity contribution in [2.45, 2.75) is 24.0 Å². The summed E-state index contributed by atoms with van der Waals surface area (Å²) in [6.45, 7) is 0. The summed E-state index contributed by atoms with van der Waals surface area (Å²) >= 11 is 7.26. The van der Waals surface area contributed by atoms with Crippen LogP contribution in [0.4, 0.5) is 10.5 Å². The molecule has 3 aromatic rings. The lowest BCUT2D eigenvalue weighted by molar-refractivity contribution is -0.121. The number of hydrogen-bond donors (Lipinski definition) is 3. The Hall–Kier alpha value is -3.37. The van der Waals surface area contributed by atoms with E-state index in [9.17, 15) is 14.4 Å². The van der Waals surface area contributed by atoms with Gasteiger partial charge < -0.3 is 10.6 Å². The number of imide groups is 1. The Kier molecular flexibility index (Phi) is 6.72. The number of amides is 4. The molecular weight excluding hydrogens is 452 g/mol. The molecule has 2 heterocycles. The van der Waals surface area contributed by atoms with Gasteiger partial charge in [-0.2, -0.15) is 0 Å². The minimum Gasteiger partial charge on any atom is -0.334 e. The number of halogens is 1. The Balaban J connectivity index is 1.53. The van der Waals surface area contributed by atoms with Crippen molar-refractivity contribution in [1.82, 2.24) is 25.4 Å². The van der Waals surface area contributed by atoms with E-state index in [4.69, 9.17) is 11.6 Å². The highest BCUT2D eigenvalue weighted by Crippen LogP contribution is 2.24. The molecule has 9 nitrogen and oxygen atoms in total. The molecule has 1 unspecified atom stereocenters. The van der Waals surface area contributed by atoms with Gasteiger partial charge in [0.15, 0.2) is 5.16 Å². The van der Waals surface area contributed by atoms with E-state index in [2.05, 4.69) is 26.1 Å². The van der Waals surface area contributed by atoms with Crippen molar-refractivity contribution in [3.63, 3.8) is 0 Å². The Bertz CT molecular complexity index is 1120. The summed E-state index contributed by atoms with van der Waals surface area (Å²) in [5, 5.41) is 17.4. The number of aromatic nitrogens is 3. The fourth-order valence-corrected chi connectivity index (χ4v) is 4.14. The van der Waals surface area contributed by atoms with E-state index in [-0.39, 0.29) is 24.0 Å². The summed E-state index contributed by atoms with van der Waals surface area (Å²) < 4.78 is 1.80. The van der Waals surface area contributed by atoms with Gasteiger partial charge in [-0.05, 0) is 36.4 Å². The molecule has 164 valence electrons. The normalized spacial score (nSPS) is 15.7. The van der Waals surface area contributed by atoms with E-state index >= 15 is 0 Å². The molecule has 1 atom stereocenters. The van der Waals surface area contributed by atoms with Crippen LogP contribution in [0.1, 0.15) is 12.2 Å². The molecule has 1 aliphatic rings. The summed E-state index contributed by atoms with van der Waals surface area (Å²) in [6, 6.07) is 15.4. The molecule has 0 aliphatic carbocycles. The van der Waals surface area contributed by atoms with Crippen molar-refractivity contribution in [3.05, 3.63) is 65.4 Å². The van der Waals surface area contributed by atoms with Crippen LogP contribution in [-0.4, -0.2) is 44.4 Å². The number of nitrogens with one attached hydrogen (secondary N) is 3. The second-order valence-electron chi connectivity index (χ2n) is 7.04. The van der Waals surface area contributed by atoms with Crippen LogP contribution in [0, 0.1) is 0 Å². The SMILES string of the molecule is O=C1CC(Cc2nnc(SCC(=O)Nc3ccccc3)n2-c2ccc(Cl)cc2)NC(=O)N1. The largest absolute Gasteiger partial charge is 0.334 e. The number of para-hydroxylation sites is 1. The van der Waals surface area contributed by atoms with Crippen molar-refractivity contribution >= 4 is 46.9 Å². The fraction of sp³-hybridized carbons (Fsp3) is 0.190. The van der Waals surface area contributed by atoms with Gasteiger partial charge in [-0.15, -0.1) is 10.2 Å². The Morgan fingerprint density at radius 2 is 1.88 bits per heavy atom. The maximum Gasteiger partial charge on any atom is 0.321 e. The second kappa shape index (κ2) is 9.84. The molecule has 1 fully saturated rings. The quantitative estimate of drug-likeness (QED) is 0.457. The van der Waals surface area contributed by atoms with Crippen molar-refractivity contribution in [1.29, 1.82) is 0 Å². The molecule has 0 spiro atoms. The van der Waals surface area contributed by atoms with E-state index in [1.807, 2.05) is 42.5 Å². The first-order chi connectivity index (χ1) is 15.5. The summed E-state index contributed by atoms with van der Waals surface area (Å²) in [4.78, 5) is 35.7. The zero-order valence-electron chi connectivity index (χ0n) is 16.7. The summed E-state index contributed by atoms with van der Waals surface area (Å²) in [5.41, 5.74) is 1.47. The third-order valence-corrected chi connectivity index (χ3v) is 5.80. The van der Waals surface area contributed by atoms with Gasteiger partial charge in [-0.25, -0.2) is 4.79 Å². The highest BCUT2D eigenvalue weighted by molar-refractivity contribution is 7.99. The van der Waals surface area contributed by atoms with E-state index in [0.29, 0.717) is 28.1 Å². The zero-order valence-corrected chi connectivity index (χ0v) is 18.3. The Morgan fingerprint density at radius 3 is 2.59 bits per heavy atom. The molecule has 3 N–H and O–H groups in total. The lowest BCUT2D eigenvalue weighted by Crippen LogP contribution is -2.53. The van der Waals surface area contributed by atoms with Crippen LogP contribution >= 0.6 is 23.4 Å². The van der Waals surface area contributed by atoms with E-state index in [1.165, 1.54) is 11.8 Å². The molecule has 0 bridgehead atoms. The average Bonchev–Trinajstić information content (AvgIpc) is 3.15. The van der Waals surface area contributed by atoms with E-state index in [1.54, 1.807) is 16.7 Å². The third kappa shape index (κ3) is 5.45. The zero-order chi connectivity index (χ0) is 22.5. The molecule has 4 amide bonds. The predicted molar refractivity (Wildman–Crippen MR) is 121 cm³/mol. The summed E-state index contributed by atoms with van der Waals surface area (Å²) in [6.07, 6.45) is 0.437. The third-order valence-electron chi connectivity index (χ3n) is 4.62. The standard InChI is InChI=1S/C21H19ClN6O3S/c22-13-6-8-16(9-7-13)28-17(10-15-11-18(29)25-20(31)24-15)26-27-21(28)32-12-19(30)23-14-4-2-1-3-5-14/h1-9,15H,10-12H2,(H,23,30)(H2,24,25,29,31). The Labute approximate surface area is 192 Å². The topological polar surface area (TPSA) is 118 Å². The number of hydrogen-bond acceptors (Lipinski definition) is 6. The van der Waals surface area contributed by atoms with Gasteiger partial charge in [-0.1, -0.05) is 41.6 Å². The van der Waals surface area contributed by atoms with Gasteiger partial charge in [0.05, 0.1) is 5.75 Å². The molecule has 4 rings (SSSR count). The molecule has 2 aromatic carbocycles. The number of benzene rings is 2. The van der Waals surface area contributed by atoms with Gasteiger partial charge >= 0.3 is 6.03 Å². The molecule has 1 aromatic heterocycles. The minimum absolute atomic E-state index is 0.128. The molecule has 1 saturated heterocycles.